The molecule has 0 radical (unpaired) electrons. The van der Waals surface area contributed by atoms with Gasteiger partial charge in [-0.1, -0.05) is 29.8 Å². The molecule has 2 aromatic carbocycles. The number of rotatable bonds is 5. The molecule has 2 aromatic heterocycles. The van der Waals surface area contributed by atoms with Crippen molar-refractivity contribution in [2.24, 2.45) is 0 Å². The number of carbonyl (C=O) groups excluding carboxylic acids is 1. The first-order valence-electron chi connectivity index (χ1n) is 10.8. The maximum absolute atomic E-state index is 13.4. The lowest BCUT2D eigenvalue weighted by molar-refractivity contribution is -0.146. The lowest BCUT2D eigenvalue weighted by Crippen LogP contribution is -2.23. The molecule has 0 bridgehead atoms. The average molecular weight is 484 g/mol. The number of hydrogen-bond acceptors (Lipinski definition) is 5. The van der Waals surface area contributed by atoms with E-state index in [1.54, 1.807) is 24.3 Å². The van der Waals surface area contributed by atoms with Crippen LogP contribution in [0.15, 0.2) is 47.3 Å². The first-order valence-corrected chi connectivity index (χ1v) is 10.8. The van der Waals surface area contributed by atoms with E-state index in [9.17, 15) is 22.8 Å². The van der Waals surface area contributed by atoms with Gasteiger partial charge >= 0.3 is 6.18 Å². The van der Waals surface area contributed by atoms with Crippen LogP contribution in [0.4, 0.5) is 19.0 Å². The Balaban J connectivity index is 1.64. The third-order valence-electron chi connectivity index (χ3n) is 5.83. The highest BCUT2D eigenvalue weighted by molar-refractivity contribution is 5.95. The van der Waals surface area contributed by atoms with Crippen molar-refractivity contribution in [2.45, 2.75) is 39.4 Å². The van der Waals surface area contributed by atoms with Crippen LogP contribution in [0, 0.1) is 13.8 Å². The van der Waals surface area contributed by atoms with Gasteiger partial charge in [-0.3, -0.25) is 9.59 Å². The number of hydrogen-bond donors (Lipinski definition) is 3. The van der Waals surface area contributed by atoms with Gasteiger partial charge in [-0.15, -0.1) is 0 Å². The van der Waals surface area contributed by atoms with Crippen LogP contribution in [-0.2, 0) is 6.54 Å². The highest BCUT2D eigenvalue weighted by Crippen LogP contribution is 2.37. The molecular formula is C24H23F3N6O2. The van der Waals surface area contributed by atoms with Crippen molar-refractivity contribution in [1.82, 2.24) is 25.3 Å². The van der Waals surface area contributed by atoms with Gasteiger partial charge in [0.2, 0.25) is 0 Å². The molecule has 1 atom stereocenters. The van der Waals surface area contributed by atoms with Crippen LogP contribution in [0.5, 0.6) is 0 Å². The zero-order valence-electron chi connectivity index (χ0n) is 19.2. The monoisotopic (exact) mass is 484 g/mol. The number of nitrogens with two attached hydrogens (primary N) is 1. The summed E-state index contributed by atoms with van der Waals surface area (Å²) in [6, 6.07) is 12.3. The predicted octanol–water partition coefficient (Wildman–Crippen LogP) is 3.90. The number of fused-ring (bicyclic) bond motifs is 1. The van der Waals surface area contributed by atoms with Gasteiger partial charge in [0, 0.05) is 12.1 Å². The molecule has 4 N–H and O–H groups in total. The summed E-state index contributed by atoms with van der Waals surface area (Å²) in [5.41, 5.74) is 8.23. The summed E-state index contributed by atoms with van der Waals surface area (Å²) in [6.07, 6.45) is -4.60. The Morgan fingerprint density at radius 2 is 1.86 bits per heavy atom. The van der Waals surface area contributed by atoms with Crippen molar-refractivity contribution in [3.8, 4) is 5.69 Å². The molecule has 0 aliphatic heterocycles. The van der Waals surface area contributed by atoms with Gasteiger partial charge in [0.05, 0.1) is 22.7 Å². The third-order valence-corrected chi connectivity index (χ3v) is 5.83. The second kappa shape index (κ2) is 8.90. The first-order chi connectivity index (χ1) is 16.5. The first kappa shape index (κ1) is 24.0. The van der Waals surface area contributed by atoms with Gasteiger partial charge in [-0.2, -0.15) is 23.4 Å². The number of benzene rings is 2. The summed E-state index contributed by atoms with van der Waals surface area (Å²) in [4.78, 5) is 24.9. The third kappa shape index (κ3) is 4.61. The van der Waals surface area contributed by atoms with Crippen molar-refractivity contribution in [1.29, 1.82) is 0 Å². The molecular weight excluding hydrogens is 461 g/mol. The van der Waals surface area contributed by atoms with E-state index in [-0.39, 0.29) is 29.2 Å². The maximum Gasteiger partial charge on any atom is 0.397 e. The summed E-state index contributed by atoms with van der Waals surface area (Å²) in [6.45, 7) is 4.94. The molecule has 8 nitrogen and oxygen atoms in total. The summed E-state index contributed by atoms with van der Waals surface area (Å²) in [5.74, 6) is -2.36. The van der Waals surface area contributed by atoms with Crippen molar-refractivity contribution in [2.75, 3.05) is 5.73 Å². The maximum atomic E-state index is 13.4. The van der Waals surface area contributed by atoms with Crippen LogP contribution in [0.1, 0.15) is 45.6 Å². The Labute approximate surface area is 198 Å². The molecule has 4 rings (SSSR count). The number of aromatic amines is 1. The number of halogens is 3. The van der Waals surface area contributed by atoms with Crippen LogP contribution in [-0.4, -0.2) is 32.1 Å². The van der Waals surface area contributed by atoms with Crippen molar-refractivity contribution in [3.05, 3.63) is 80.8 Å². The predicted molar refractivity (Wildman–Crippen MR) is 125 cm³/mol. The molecule has 11 heteroatoms. The standard InChI is InChI=1S/C24H23F3N6O2/c1-12-4-5-13(2)17(10-12)22(34)29-11-15-6-8-16(9-7-15)33-20-18(23(35)31-30-21(20)28)19(32-33)14(3)24(25,26)27/h4-10,14H,11H2,1-3H3,(H2,28,30)(H,29,34)(H,31,35). The van der Waals surface area contributed by atoms with Gasteiger partial charge in [0.15, 0.2) is 5.82 Å². The second-order valence-electron chi connectivity index (χ2n) is 8.39. The van der Waals surface area contributed by atoms with Crippen molar-refractivity contribution in [3.63, 3.8) is 0 Å². The summed E-state index contributed by atoms with van der Waals surface area (Å²) >= 11 is 0. The van der Waals surface area contributed by atoms with Gasteiger partial charge < -0.3 is 11.1 Å². The minimum atomic E-state index is -4.60. The fourth-order valence-electron chi connectivity index (χ4n) is 3.77. The molecule has 0 spiro atoms. The van der Waals surface area contributed by atoms with Crippen LogP contribution in [0.3, 0.4) is 0 Å². The van der Waals surface area contributed by atoms with E-state index in [1.165, 1.54) is 4.68 Å². The normalized spacial score (nSPS) is 12.6. The lowest BCUT2D eigenvalue weighted by atomic mass is 10.0. The topological polar surface area (TPSA) is 119 Å². The van der Waals surface area contributed by atoms with E-state index < -0.39 is 23.3 Å². The highest BCUT2D eigenvalue weighted by Gasteiger charge is 2.41. The number of aryl methyl sites for hydroxylation is 2. The number of nitrogens with one attached hydrogen (secondary N) is 2. The Kier molecular flexibility index (Phi) is 6.10. The Bertz CT molecular complexity index is 1470. The zero-order valence-corrected chi connectivity index (χ0v) is 19.2. The molecule has 0 aliphatic rings. The minimum absolute atomic E-state index is 0.00387. The molecule has 0 fully saturated rings. The molecule has 0 saturated carbocycles. The molecule has 182 valence electrons. The largest absolute Gasteiger partial charge is 0.397 e. The number of nitrogens with zero attached hydrogens (tertiary/aromatic N) is 3. The number of H-pyrrole nitrogens is 1. The number of anilines is 1. The van der Waals surface area contributed by atoms with Gasteiger partial charge in [-0.25, -0.2) is 9.78 Å². The van der Waals surface area contributed by atoms with E-state index in [0.717, 1.165) is 23.6 Å². The minimum Gasteiger partial charge on any atom is -0.380 e. The quantitative estimate of drug-likeness (QED) is 0.397. The molecule has 1 unspecified atom stereocenters. The summed E-state index contributed by atoms with van der Waals surface area (Å²) < 4.78 is 41.5. The van der Waals surface area contributed by atoms with Gasteiger partial charge in [-0.05, 0) is 50.1 Å². The SMILES string of the molecule is Cc1ccc(C)c(C(=O)NCc2ccc(-n3nc(C(C)C(F)(F)F)c4c(=O)[nH]nc(N)c43)cc2)c1. The number of alkyl halides is 3. The molecule has 1 amide bonds. The van der Waals surface area contributed by atoms with Crippen molar-refractivity contribution < 1.29 is 18.0 Å². The second-order valence-corrected chi connectivity index (χ2v) is 8.39. The van der Waals surface area contributed by atoms with E-state index >= 15 is 0 Å². The molecule has 0 saturated heterocycles. The van der Waals surface area contributed by atoms with Crippen LogP contribution >= 0.6 is 0 Å². The van der Waals surface area contributed by atoms with Crippen LogP contribution in [0.25, 0.3) is 16.6 Å². The van der Waals surface area contributed by atoms with Crippen LogP contribution in [0.2, 0.25) is 0 Å². The number of aromatic nitrogens is 4. The number of carbonyl (C=O) groups is 1. The summed E-state index contributed by atoms with van der Waals surface area (Å²) in [7, 11) is 0. The Morgan fingerprint density at radius 1 is 1.17 bits per heavy atom. The average Bonchev–Trinajstić information content (AvgIpc) is 3.22. The molecule has 35 heavy (non-hydrogen) atoms. The van der Waals surface area contributed by atoms with E-state index in [2.05, 4.69) is 20.6 Å². The van der Waals surface area contributed by atoms with Crippen LogP contribution < -0.4 is 16.6 Å². The zero-order chi connectivity index (χ0) is 25.5. The molecule has 0 aliphatic carbocycles. The van der Waals surface area contributed by atoms with E-state index in [1.807, 2.05) is 32.0 Å². The Hall–Kier alpha value is -4.15. The smallest absolute Gasteiger partial charge is 0.380 e. The Morgan fingerprint density at radius 3 is 2.51 bits per heavy atom. The number of amides is 1. The molecule has 4 aromatic rings. The molecule has 2 heterocycles. The highest BCUT2D eigenvalue weighted by atomic mass is 19.4. The fraction of sp³-hybridized carbons (Fsp3) is 0.250. The van der Waals surface area contributed by atoms with E-state index in [0.29, 0.717) is 11.3 Å². The summed E-state index contributed by atoms with van der Waals surface area (Å²) in [5, 5.41) is 12.5. The van der Waals surface area contributed by atoms with Gasteiger partial charge in [0.25, 0.3) is 11.5 Å². The lowest BCUT2D eigenvalue weighted by Gasteiger charge is -2.13. The number of nitrogen functional groups attached to an aromatic ring is 1. The van der Waals surface area contributed by atoms with Crippen molar-refractivity contribution >= 4 is 22.6 Å². The van der Waals surface area contributed by atoms with Gasteiger partial charge in [0.1, 0.15) is 5.52 Å². The van der Waals surface area contributed by atoms with E-state index in [4.69, 9.17) is 5.73 Å². The fourth-order valence-corrected chi connectivity index (χ4v) is 3.77.